The van der Waals surface area contributed by atoms with Gasteiger partial charge in [-0.2, -0.15) is 0 Å². The second-order valence-corrected chi connectivity index (χ2v) is 6.15. The van der Waals surface area contributed by atoms with Gasteiger partial charge in [-0.25, -0.2) is 0 Å². The molecule has 0 saturated carbocycles. The Morgan fingerprint density at radius 1 is 1.32 bits per heavy atom. The molecule has 0 spiro atoms. The SMILES string of the molecule is CNC(=S)N1NC(c2cccs2)=CC1c1ccc(OC)cc1. The highest BCUT2D eigenvalue weighted by Crippen LogP contribution is 2.33. The van der Waals surface area contributed by atoms with E-state index < -0.39 is 0 Å². The van der Waals surface area contributed by atoms with Crippen molar-refractivity contribution in [1.82, 2.24) is 15.8 Å². The molecule has 4 nitrogen and oxygen atoms in total. The Morgan fingerprint density at radius 3 is 2.68 bits per heavy atom. The monoisotopic (exact) mass is 331 g/mol. The molecule has 6 heteroatoms. The van der Waals surface area contributed by atoms with E-state index in [1.165, 1.54) is 4.88 Å². The van der Waals surface area contributed by atoms with Gasteiger partial charge in [-0.15, -0.1) is 11.3 Å². The molecule has 1 aromatic carbocycles. The van der Waals surface area contributed by atoms with E-state index in [2.05, 4.69) is 40.4 Å². The Kier molecular flexibility index (Phi) is 4.31. The summed E-state index contributed by atoms with van der Waals surface area (Å²) in [6.07, 6.45) is 2.19. The second kappa shape index (κ2) is 6.37. The van der Waals surface area contributed by atoms with E-state index in [1.807, 2.05) is 30.3 Å². The number of thiophene rings is 1. The number of hydrogen-bond donors (Lipinski definition) is 2. The minimum atomic E-state index is 0.0444. The van der Waals surface area contributed by atoms with Crippen LogP contribution in [0.25, 0.3) is 5.70 Å². The van der Waals surface area contributed by atoms with Crippen LogP contribution >= 0.6 is 23.6 Å². The average Bonchev–Trinajstić information content (AvgIpc) is 3.23. The molecule has 0 radical (unpaired) electrons. The lowest BCUT2D eigenvalue weighted by molar-refractivity contribution is 0.339. The van der Waals surface area contributed by atoms with Crippen molar-refractivity contribution in [1.29, 1.82) is 0 Å². The maximum absolute atomic E-state index is 5.42. The third-order valence-corrected chi connectivity index (χ3v) is 4.82. The normalized spacial score (nSPS) is 16.9. The molecule has 2 N–H and O–H groups in total. The van der Waals surface area contributed by atoms with Crippen LogP contribution in [-0.2, 0) is 0 Å². The lowest BCUT2D eigenvalue weighted by Crippen LogP contribution is -2.44. The number of hydrazine groups is 1. The zero-order chi connectivity index (χ0) is 15.5. The molecule has 3 rings (SSSR count). The summed E-state index contributed by atoms with van der Waals surface area (Å²) in [6, 6.07) is 12.2. The highest BCUT2D eigenvalue weighted by molar-refractivity contribution is 7.80. The molecule has 2 aromatic rings. The van der Waals surface area contributed by atoms with Crippen molar-refractivity contribution in [2.75, 3.05) is 14.2 Å². The van der Waals surface area contributed by atoms with Crippen LogP contribution in [0.15, 0.2) is 47.9 Å². The van der Waals surface area contributed by atoms with Gasteiger partial charge >= 0.3 is 0 Å². The fourth-order valence-electron chi connectivity index (χ4n) is 2.38. The number of thiocarbonyl (C=S) groups is 1. The Labute approximate surface area is 139 Å². The van der Waals surface area contributed by atoms with Crippen molar-refractivity contribution in [3.8, 4) is 5.75 Å². The van der Waals surface area contributed by atoms with E-state index in [-0.39, 0.29) is 6.04 Å². The first-order chi connectivity index (χ1) is 10.7. The number of hydrogen-bond acceptors (Lipinski definition) is 4. The van der Waals surface area contributed by atoms with Gasteiger partial charge in [-0.05, 0) is 47.4 Å². The maximum atomic E-state index is 5.42. The minimum Gasteiger partial charge on any atom is -0.497 e. The van der Waals surface area contributed by atoms with E-state index in [1.54, 1.807) is 18.4 Å². The van der Waals surface area contributed by atoms with Crippen LogP contribution in [0.2, 0.25) is 0 Å². The van der Waals surface area contributed by atoms with Crippen LogP contribution < -0.4 is 15.5 Å². The third-order valence-electron chi connectivity index (χ3n) is 3.52. The van der Waals surface area contributed by atoms with Gasteiger partial charge in [-0.3, -0.25) is 10.4 Å². The van der Waals surface area contributed by atoms with E-state index in [0.717, 1.165) is 17.0 Å². The molecule has 0 aliphatic carbocycles. The van der Waals surface area contributed by atoms with Crippen molar-refractivity contribution in [3.63, 3.8) is 0 Å². The first kappa shape index (κ1) is 14.9. The maximum Gasteiger partial charge on any atom is 0.188 e. The molecule has 22 heavy (non-hydrogen) atoms. The minimum absolute atomic E-state index is 0.0444. The topological polar surface area (TPSA) is 36.5 Å². The molecule has 1 atom stereocenters. The Bertz CT molecular complexity index is 680. The van der Waals surface area contributed by atoms with Crippen molar-refractivity contribution in [2.45, 2.75) is 6.04 Å². The van der Waals surface area contributed by atoms with Crippen molar-refractivity contribution in [3.05, 3.63) is 58.3 Å². The molecule has 2 heterocycles. The predicted octanol–water partition coefficient (Wildman–Crippen LogP) is 3.16. The van der Waals surface area contributed by atoms with Crippen LogP contribution in [0.5, 0.6) is 5.75 Å². The lowest BCUT2D eigenvalue weighted by Gasteiger charge is -2.27. The van der Waals surface area contributed by atoms with Gasteiger partial charge in [0, 0.05) is 7.05 Å². The molecule has 1 aromatic heterocycles. The number of rotatable bonds is 3. The largest absolute Gasteiger partial charge is 0.497 e. The van der Waals surface area contributed by atoms with E-state index >= 15 is 0 Å². The van der Waals surface area contributed by atoms with Crippen LogP contribution in [0.1, 0.15) is 16.5 Å². The van der Waals surface area contributed by atoms with E-state index in [9.17, 15) is 0 Å². The highest BCUT2D eigenvalue weighted by Gasteiger charge is 2.28. The summed E-state index contributed by atoms with van der Waals surface area (Å²) in [6.45, 7) is 0. The summed E-state index contributed by atoms with van der Waals surface area (Å²) in [5, 5.41) is 7.72. The van der Waals surface area contributed by atoms with Gasteiger partial charge in [-0.1, -0.05) is 18.2 Å². The van der Waals surface area contributed by atoms with Gasteiger partial charge < -0.3 is 10.1 Å². The molecule has 1 unspecified atom stereocenters. The molecule has 0 bridgehead atoms. The predicted molar refractivity (Wildman–Crippen MR) is 94.7 cm³/mol. The smallest absolute Gasteiger partial charge is 0.188 e. The van der Waals surface area contributed by atoms with Crippen molar-refractivity contribution >= 4 is 34.4 Å². The summed E-state index contributed by atoms with van der Waals surface area (Å²) in [4.78, 5) is 1.19. The van der Waals surface area contributed by atoms with Crippen LogP contribution in [-0.4, -0.2) is 24.3 Å². The van der Waals surface area contributed by atoms with Crippen molar-refractivity contribution in [2.24, 2.45) is 0 Å². The van der Waals surface area contributed by atoms with E-state index in [0.29, 0.717) is 5.11 Å². The van der Waals surface area contributed by atoms with Crippen LogP contribution in [0.3, 0.4) is 0 Å². The summed E-state index contributed by atoms with van der Waals surface area (Å²) in [7, 11) is 3.50. The molecule has 0 amide bonds. The molecule has 0 fully saturated rings. The first-order valence-corrected chi connectivity index (χ1v) is 8.19. The molecule has 1 aliphatic rings. The molecular weight excluding hydrogens is 314 g/mol. The number of nitrogens with one attached hydrogen (secondary N) is 2. The van der Waals surface area contributed by atoms with E-state index in [4.69, 9.17) is 17.0 Å². The first-order valence-electron chi connectivity index (χ1n) is 6.90. The number of nitrogens with zero attached hydrogens (tertiary/aromatic N) is 1. The van der Waals surface area contributed by atoms with Gasteiger partial charge in [0.1, 0.15) is 5.75 Å². The van der Waals surface area contributed by atoms with Gasteiger partial charge in [0.05, 0.1) is 23.7 Å². The quantitative estimate of drug-likeness (QED) is 0.845. The van der Waals surface area contributed by atoms with Crippen LogP contribution in [0, 0.1) is 0 Å². The Hall–Kier alpha value is -2.05. The van der Waals surface area contributed by atoms with Gasteiger partial charge in [0.15, 0.2) is 5.11 Å². The summed E-state index contributed by atoms with van der Waals surface area (Å²) in [5.74, 6) is 0.847. The molecular formula is C16H17N3OS2. The number of methoxy groups -OCH3 is 1. The number of benzene rings is 1. The lowest BCUT2D eigenvalue weighted by atomic mass is 10.1. The number of ether oxygens (including phenoxy) is 1. The summed E-state index contributed by atoms with van der Waals surface area (Å²) < 4.78 is 5.23. The fourth-order valence-corrected chi connectivity index (χ4v) is 3.24. The zero-order valence-electron chi connectivity index (χ0n) is 12.4. The van der Waals surface area contributed by atoms with Crippen LogP contribution in [0.4, 0.5) is 0 Å². The Balaban J connectivity index is 1.94. The summed E-state index contributed by atoms with van der Waals surface area (Å²) in [5.41, 5.74) is 5.62. The average molecular weight is 331 g/mol. The molecule has 114 valence electrons. The van der Waals surface area contributed by atoms with Gasteiger partial charge in [0.25, 0.3) is 0 Å². The molecule has 1 aliphatic heterocycles. The third kappa shape index (κ3) is 2.80. The highest BCUT2D eigenvalue weighted by atomic mass is 32.1. The van der Waals surface area contributed by atoms with Gasteiger partial charge in [0.2, 0.25) is 0 Å². The fraction of sp³-hybridized carbons (Fsp3) is 0.188. The zero-order valence-corrected chi connectivity index (χ0v) is 14.0. The summed E-state index contributed by atoms with van der Waals surface area (Å²) >= 11 is 7.12. The Morgan fingerprint density at radius 2 is 2.09 bits per heavy atom. The molecule has 0 saturated heterocycles. The standard InChI is InChI=1S/C16H17N3OS2/c1-17-16(21)19-14(11-5-7-12(20-2)8-6-11)10-13(18-19)15-4-3-9-22-15/h3-10,14,18H,1-2H3,(H,17,21). The van der Waals surface area contributed by atoms with Crippen molar-refractivity contribution < 1.29 is 4.74 Å². The second-order valence-electron chi connectivity index (χ2n) is 4.81.